The summed E-state index contributed by atoms with van der Waals surface area (Å²) in [7, 11) is 0. The summed E-state index contributed by atoms with van der Waals surface area (Å²) >= 11 is 0. The second kappa shape index (κ2) is 10.3. The van der Waals surface area contributed by atoms with Gasteiger partial charge in [-0.1, -0.05) is 140 Å². The van der Waals surface area contributed by atoms with Gasteiger partial charge in [-0.05, 0) is 95.5 Å². The van der Waals surface area contributed by atoms with E-state index >= 15 is 0 Å². The van der Waals surface area contributed by atoms with Crippen molar-refractivity contribution in [3.8, 4) is 33.4 Å². The molecule has 1 aliphatic rings. The lowest BCUT2D eigenvalue weighted by atomic mass is 9.85. The summed E-state index contributed by atoms with van der Waals surface area (Å²) in [6.07, 6.45) is 6.48. The highest BCUT2D eigenvalue weighted by Crippen LogP contribution is 2.46. The summed E-state index contributed by atoms with van der Waals surface area (Å²) in [5.74, 6) is 1.09. The van der Waals surface area contributed by atoms with Crippen LogP contribution in [-0.4, -0.2) is 0 Å². The van der Waals surface area contributed by atoms with Crippen molar-refractivity contribution in [2.75, 3.05) is 0 Å². The van der Waals surface area contributed by atoms with Gasteiger partial charge in [0.25, 0.3) is 0 Å². The van der Waals surface area contributed by atoms with Gasteiger partial charge in [0.05, 0.1) is 0 Å². The van der Waals surface area contributed by atoms with E-state index in [2.05, 4.69) is 158 Å². The fourth-order valence-corrected chi connectivity index (χ4v) is 7.96. The smallest absolute Gasteiger partial charge is 0.143 e. The van der Waals surface area contributed by atoms with Crippen molar-refractivity contribution in [2.24, 2.45) is 0 Å². The van der Waals surface area contributed by atoms with Gasteiger partial charge in [-0.3, -0.25) is 0 Å². The first-order valence-corrected chi connectivity index (χ1v) is 16.5. The number of allylic oxidation sites excluding steroid dienone is 1. The zero-order valence-corrected chi connectivity index (χ0v) is 25.8. The van der Waals surface area contributed by atoms with Crippen LogP contribution in [0.3, 0.4) is 0 Å². The molecule has 220 valence electrons. The molecule has 1 aliphatic carbocycles. The van der Waals surface area contributed by atoms with Crippen LogP contribution in [0.1, 0.15) is 17.7 Å². The van der Waals surface area contributed by atoms with Crippen molar-refractivity contribution in [2.45, 2.75) is 12.8 Å². The van der Waals surface area contributed by atoms with E-state index in [1.54, 1.807) is 0 Å². The van der Waals surface area contributed by atoms with E-state index in [4.69, 9.17) is 4.42 Å². The Bertz CT molecular complexity index is 2680. The number of hydrogen-bond acceptors (Lipinski definition) is 1. The van der Waals surface area contributed by atoms with Crippen LogP contribution in [0, 0.1) is 0 Å². The summed E-state index contributed by atoms with van der Waals surface area (Å²) in [5.41, 5.74) is 9.56. The average Bonchev–Trinajstić information content (AvgIpc) is 3.50. The fraction of sp³-hybridized carbons (Fsp3) is 0.0435. The van der Waals surface area contributed by atoms with E-state index in [-0.39, 0.29) is 0 Å². The highest BCUT2D eigenvalue weighted by Gasteiger charge is 2.22. The van der Waals surface area contributed by atoms with Gasteiger partial charge in [0.15, 0.2) is 0 Å². The molecule has 0 fully saturated rings. The van der Waals surface area contributed by atoms with Crippen LogP contribution < -0.4 is 0 Å². The van der Waals surface area contributed by atoms with E-state index in [0.29, 0.717) is 0 Å². The maximum atomic E-state index is 6.71. The minimum Gasteiger partial charge on any atom is -0.460 e. The van der Waals surface area contributed by atoms with Gasteiger partial charge in [-0.25, -0.2) is 0 Å². The van der Waals surface area contributed by atoms with Gasteiger partial charge in [0.2, 0.25) is 0 Å². The van der Waals surface area contributed by atoms with Crippen LogP contribution in [0.4, 0.5) is 0 Å². The third-order valence-electron chi connectivity index (χ3n) is 10.0. The average molecular weight is 599 g/mol. The molecule has 1 heterocycles. The standard InChI is InChI=1S/C46H30O/c1-2-13-30-26-34(25-24-29(30)12-1)44-39-21-7-5-19-37(39)43(38-20-6-8-22-40(38)44)32-15-11-16-33(27-32)45-35-17-4-3-14-31(35)28-41-36-18-9-10-23-42(36)47-46(41)45/h1-9,11-22,24-28H,10,23H2. The molecule has 0 amide bonds. The molecule has 0 saturated carbocycles. The molecule has 9 aromatic rings. The number of aryl methyl sites for hydroxylation is 1. The molecule has 0 N–H and O–H groups in total. The Hall–Kier alpha value is -5.92. The molecule has 47 heavy (non-hydrogen) atoms. The lowest BCUT2D eigenvalue weighted by Gasteiger charge is -2.18. The van der Waals surface area contributed by atoms with Gasteiger partial charge >= 0.3 is 0 Å². The lowest BCUT2D eigenvalue weighted by Crippen LogP contribution is -1.91. The maximum Gasteiger partial charge on any atom is 0.143 e. The van der Waals surface area contributed by atoms with Gasteiger partial charge in [0, 0.05) is 22.9 Å². The van der Waals surface area contributed by atoms with E-state index in [0.717, 1.165) is 24.2 Å². The highest BCUT2D eigenvalue weighted by molar-refractivity contribution is 6.22. The normalized spacial score (nSPS) is 12.9. The van der Waals surface area contributed by atoms with Crippen LogP contribution >= 0.6 is 0 Å². The Morgan fingerprint density at radius 2 is 0.979 bits per heavy atom. The molecule has 8 aromatic carbocycles. The van der Waals surface area contributed by atoms with Crippen molar-refractivity contribution >= 4 is 60.1 Å². The van der Waals surface area contributed by atoms with Gasteiger partial charge in [-0.15, -0.1) is 0 Å². The van der Waals surface area contributed by atoms with Gasteiger partial charge in [0.1, 0.15) is 11.3 Å². The molecule has 10 rings (SSSR count). The second-order valence-electron chi connectivity index (χ2n) is 12.7. The molecular weight excluding hydrogens is 569 g/mol. The SMILES string of the molecule is C1=Cc2c(oc3c(-c4cccc(-c5c6ccccc6c(-c6ccc7ccccc7c6)c6ccccc56)c4)c4ccccc4cc23)CC1. The van der Waals surface area contributed by atoms with Crippen molar-refractivity contribution in [1.29, 1.82) is 0 Å². The molecular formula is C46H30O. The zero-order chi connectivity index (χ0) is 30.9. The summed E-state index contributed by atoms with van der Waals surface area (Å²) in [4.78, 5) is 0. The fourth-order valence-electron chi connectivity index (χ4n) is 7.96. The molecule has 0 atom stereocenters. The summed E-state index contributed by atoms with van der Waals surface area (Å²) in [5, 5.41) is 11.2. The predicted molar refractivity (Wildman–Crippen MR) is 200 cm³/mol. The summed E-state index contributed by atoms with van der Waals surface area (Å²) < 4.78 is 6.71. The first-order chi connectivity index (χ1) is 23.3. The molecule has 0 bridgehead atoms. The van der Waals surface area contributed by atoms with E-state index < -0.39 is 0 Å². The highest BCUT2D eigenvalue weighted by atomic mass is 16.3. The van der Waals surface area contributed by atoms with Crippen molar-refractivity contribution < 1.29 is 4.42 Å². The topological polar surface area (TPSA) is 13.1 Å². The molecule has 0 radical (unpaired) electrons. The number of benzene rings is 8. The minimum atomic E-state index is 0.942. The first kappa shape index (κ1) is 26.3. The number of furan rings is 1. The van der Waals surface area contributed by atoms with Gasteiger partial charge < -0.3 is 4.42 Å². The maximum absolute atomic E-state index is 6.71. The zero-order valence-electron chi connectivity index (χ0n) is 25.8. The van der Waals surface area contributed by atoms with Crippen molar-refractivity contribution in [3.05, 3.63) is 163 Å². The number of hydrogen-bond donors (Lipinski definition) is 0. The Labute approximate surface area is 273 Å². The quantitative estimate of drug-likeness (QED) is 0.184. The molecule has 1 nitrogen and oxygen atoms in total. The van der Waals surface area contributed by atoms with Crippen LogP contribution in [0.15, 0.2) is 156 Å². The molecule has 1 heteroatoms. The number of rotatable bonds is 3. The van der Waals surface area contributed by atoms with Crippen molar-refractivity contribution in [3.63, 3.8) is 0 Å². The second-order valence-corrected chi connectivity index (χ2v) is 12.7. The third kappa shape index (κ3) is 4.03. The van der Waals surface area contributed by atoms with Crippen LogP contribution in [0.5, 0.6) is 0 Å². The molecule has 0 saturated heterocycles. The van der Waals surface area contributed by atoms with Gasteiger partial charge in [-0.2, -0.15) is 0 Å². The summed E-state index contributed by atoms with van der Waals surface area (Å²) in [6, 6.07) is 53.5. The molecule has 1 aromatic heterocycles. The lowest BCUT2D eigenvalue weighted by molar-refractivity contribution is 0.547. The van der Waals surface area contributed by atoms with E-state index in [1.165, 1.54) is 87.4 Å². The van der Waals surface area contributed by atoms with E-state index in [1.807, 2.05) is 0 Å². The number of fused-ring (bicyclic) bond motifs is 7. The van der Waals surface area contributed by atoms with Crippen LogP contribution in [0.2, 0.25) is 0 Å². The molecule has 0 spiro atoms. The Morgan fingerprint density at radius 3 is 1.68 bits per heavy atom. The first-order valence-electron chi connectivity index (χ1n) is 16.5. The predicted octanol–water partition coefficient (Wildman–Crippen LogP) is 13.0. The molecule has 0 unspecified atom stereocenters. The van der Waals surface area contributed by atoms with Crippen LogP contribution in [0.25, 0.3) is 93.5 Å². The third-order valence-corrected chi connectivity index (χ3v) is 10.0. The van der Waals surface area contributed by atoms with E-state index in [9.17, 15) is 0 Å². The monoisotopic (exact) mass is 598 g/mol. The summed E-state index contributed by atoms with van der Waals surface area (Å²) in [6.45, 7) is 0. The van der Waals surface area contributed by atoms with Crippen LogP contribution in [-0.2, 0) is 6.42 Å². The largest absolute Gasteiger partial charge is 0.460 e. The molecule has 0 aliphatic heterocycles. The minimum absolute atomic E-state index is 0.942. The Morgan fingerprint density at radius 1 is 0.404 bits per heavy atom. The van der Waals surface area contributed by atoms with Crippen molar-refractivity contribution in [1.82, 2.24) is 0 Å². The Balaban J connectivity index is 1.26. The Kier molecular flexibility index (Phi) is 5.77.